The van der Waals surface area contributed by atoms with Crippen LogP contribution >= 0.6 is 23.4 Å². The van der Waals surface area contributed by atoms with Crippen LogP contribution in [0.2, 0.25) is 5.02 Å². The van der Waals surface area contributed by atoms with Gasteiger partial charge in [0.2, 0.25) is 5.16 Å². The minimum Gasteiger partial charge on any atom is -0.493 e. The van der Waals surface area contributed by atoms with E-state index < -0.39 is 0 Å². The average Bonchev–Trinajstić information content (AvgIpc) is 3.17. The van der Waals surface area contributed by atoms with Gasteiger partial charge in [0.25, 0.3) is 0 Å². The summed E-state index contributed by atoms with van der Waals surface area (Å²) in [7, 11) is 1.64. The lowest BCUT2D eigenvalue weighted by molar-refractivity contribution is 0.294. The van der Waals surface area contributed by atoms with Crippen molar-refractivity contribution >= 4 is 29.6 Å². The Morgan fingerprint density at radius 3 is 2.61 bits per heavy atom. The number of hydrogen-bond acceptors (Lipinski definition) is 6. The Morgan fingerprint density at radius 2 is 1.90 bits per heavy atom. The van der Waals surface area contributed by atoms with E-state index in [0.29, 0.717) is 18.1 Å². The molecule has 1 aromatic heterocycles. The summed E-state index contributed by atoms with van der Waals surface area (Å²) >= 11 is 7.58. The molecule has 164 valence electrons. The molecule has 6 nitrogen and oxygen atoms in total. The molecule has 0 fully saturated rings. The Hall–Kier alpha value is -2.51. The largest absolute Gasteiger partial charge is 0.493 e. The number of aromatic nitrogens is 3. The van der Waals surface area contributed by atoms with Crippen molar-refractivity contribution in [1.29, 1.82) is 0 Å². The molecule has 0 aliphatic rings. The molecule has 0 aliphatic heterocycles. The zero-order valence-electron chi connectivity index (χ0n) is 18.0. The summed E-state index contributed by atoms with van der Waals surface area (Å²) in [5.74, 6) is 2.96. The van der Waals surface area contributed by atoms with Gasteiger partial charge in [-0.05, 0) is 42.7 Å². The van der Waals surface area contributed by atoms with E-state index in [1.165, 1.54) is 0 Å². The predicted molar refractivity (Wildman–Crippen MR) is 127 cm³/mol. The molecule has 0 bridgehead atoms. The minimum atomic E-state index is 0.608. The lowest BCUT2D eigenvalue weighted by Gasteiger charge is -2.12. The van der Waals surface area contributed by atoms with E-state index in [9.17, 15) is 0 Å². The van der Waals surface area contributed by atoms with Gasteiger partial charge in [0.1, 0.15) is 0 Å². The summed E-state index contributed by atoms with van der Waals surface area (Å²) in [6.07, 6.45) is 4.44. The monoisotopic (exact) mass is 458 g/mol. The van der Waals surface area contributed by atoms with Gasteiger partial charge in [-0.3, -0.25) is 0 Å². The highest BCUT2D eigenvalue weighted by Gasteiger charge is 2.13. The van der Waals surface area contributed by atoms with Gasteiger partial charge < -0.3 is 9.47 Å². The van der Waals surface area contributed by atoms with E-state index in [1.807, 2.05) is 47.1 Å². The molecule has 0 saturated heterocycles. The molecule has 31 heavy (non-hydrogen) atoms. The fourth-order valence-corrected chi connectivity index (χ4v) is 3.87. The van der Waals surface area contributed by atoms with Gasteiger partial charge in [0, 0.05) is 22.8 Å². The van der Waals surface area contributed by atoms with Crippen molar-refractivity contribution < 1.29 is 9.47 Å². The summed E-state index contributed by atoms with van der Waals surface area (Å²) < 4.78 is 13.2. The summed E-state index contributed by atoms with van der Waals surface area (Å²) in [6.45, 7) is 4.79. The molecule has 0 amide bonds. The molecular formula is C23H27ClN4O2S. The lowest BCUT2D eigenvalue weighted by Crippen LogP contribution is -2.03. The third kappa shape index (κ3) is 6.24. The smallest absolute Gasteiger partial charge is 0.212 e. The Morgan fingerprint density at radius 1 is 1.10 bits per heavy atom. The molecule has 3 rings (SSSR count). The van der Waals surface area contributed by atoms with E-state index in [2.05, 4.69) is 24.0 Å². The third-order valence-corrected chi connectivity index (χ3v) is 5.67. The van der Waals surface area contributed by atoms with Crippen LogP contribution < -0.4 is 9.47 Å². The zero-order chi connectivity index (χ0) is 22.1. The van der Waals surface area contributed by atoms with Gasteiger partial charge in [0.05, 0.1) is 19.9 Å². The molecule has 0 spiro atoms. The second kappa shape index (κ2) is 11.8. The molecular weight excluding hydrogens is 432 g/mol. The Kier molecular flexibility index (Phi) is 8.79. The molecule has 0 N–H and O–H groups in total. The summed E-state index contributed by atoms with van der Waals surface area (Å²) in [5, 5.41) is 14.9. The Bertz CT molecular complexity index is 1010. The van der Waals surface area contributed by atoms with Crippen molar-refractivity contribution in [3.63, 3.8) is 0 Å². The molecule has 0 atom stereocenters. The summed E-state index contributed by atoms with van der Waals surface area (Å²) in [4.78, 5) is 0. The summed E-state index contributed by atoms with van der Waals surface area (Å²) in [5.41, 5.74) is 2.01. The van der Waals surface area contributed by atoms with Crippen LogP contribution in [0, 0.1) is 0 Å². The first-order valence-electron chi connectivity index (χ1n) is 10.3. The van der Waals surface area contributed by atoms with Crippen molar-refractivity contribution in [1.82, 2.24) is 14.9 Å². The number of halogens is 1. The van der Waals surface area contributed by atoms with Crippen LogP contribution in [-0.2, 0) is 12.2 Å². The van der Waals surface area contributed by atoms with Gasteiger partial charge in [-0.25, -0.2) is 0 Å². The molecule has 3 aromatic rings. The highest BCUT2D eigenvalue weighted by Crippen LogP contribution is 2.30. The number of benzene rings is 2. The normalized spacial score (nSPS) is 11.2. The SMILES string of the molecule is CCCOc1c(/C=N/n2c(CCC)nnc2SCc2ccc(Cl)cc2)cccc1OC. The average molecular weight is 459 g/mol. The second-order valence-electron chi connectivity index (χ2n) is 6.85. The molecule has 8 heteroatoms. The molecule has 2 aromatic carbocycles. The fraction of sp³-hybridized carbons (Fsp3) is 0.348. The first kappa shape index (κ1) is 23.2. The number of ether oxygens (including phenoxy) is 2. The Balaban J connectivity index is 1.86. The first-order chi connectivity index (χ1) is 15.2. The number of hydrogen-bond donors (Lipinski definition) is 0. The van der Waals surface area contributed by atoms with Crippen LogP contribution in [-0.4, -0.2) is 34.8 Å². The summed E-state index contributed by atoms with van der Waals surface area (Å²) in [6, 6.07) is 13.6. The van der Waals surface area contributed by atoms with E-state index in [1.54, 1.807) is 25.1 Å². The van der Waals surface area contributed by atoms with Gasteiger partial charge in [-0.1, -0.05) is 55.4 Å². The molecule has 0 radical (unpaired) electrons. The second-order valence-corrected chi connectivity index (χ2v) is 8.23. The van der Waals surface area contributed by atoms with Crippen molar-refractivity contribution in [2.24, 2.45) is 5.10 Å². The van der Waals surface area contributed by atoms with Crippen molar-refractivity contribution in [2.45, 2.75) is 44.0 Å². The van der Waals surface area contributed by atoms with E-state index in [4.69, 9.17) is 26.2 Å². The Labute approximate surface area is 192 Å². The minimum absolute atomic E-state index is 0.608. The fourth-order valence-electron chi connectivity index (χ4n) is 2.88. The highest BCUT2D eigenvalue weighted by atomic mass is 35.5. The van der Waals surface area contributed by atoms with Crippen LogP contribution in [0.5, 0.6) is 11.5 Å². The maximum absolute atomic E-state index is 5.99. The molecule has 1 heterocycles. The number of rotatable bonds is 11. The molecule has 0 unspecified atom stereocenters. The van der Waals surface area contributed by atoms with E-state index in [-0.39, 0.29) is 0 Å². The van der Waals surface area contributed by atoms with Gasteiger partial charge in [0.15, 0.2) is 17.3 Å². The van der Waals surface area contributed by atoms with Crippen LogP contribution in [0.4, 0.5) is 0 Å². The van der Waals surface area contributed by atoms with E-state index in [0.717, 1.165) is 52.1 Å². The predicted octanol–water partition coefficient (Wildman–Crippen LogP) is 5.86. The maximum Gasteiger partial charge on any atom is 0.212 e. The highest BCUT2D eigenvalue weighted by molar-refractivity contribution is 7.98. The number of methoxy groups -OCH3 is 1. The van der Waals surface area contributed by atoms with Crippen LogP contribution in [0.1, 0.15) is 43.6 Å². The van der Waals surface area contributed by atoms with Crippen molar-refractivity contribution in [2.75, 3.05) is 13.7 Å². The molecule has 0 aliphatic carbocycles. The van der Waals surface area contributed by atoms with E-state index >= 15 is 0 Å². The molecule has 0 saturated carbocycles. The number of thioether (sulfide) groups is 1. The quantitative estimate of drug-likeness (QED) is 0.266. The third-order valence-electron chi connectivity index (χ3n) is 4.42. The maximum atomic E-state index is 5.99. The van der Waals surface area contributed by atoms with Crippen LogP contribution in [0.15, 0.2) is 52.7 Å². The number of para-hydroxylation sites is 1. The standard InChI is InChI=1S/C23H27ClN4O2S/c1-4-7-21-26-27-23(31-16-17-10-12-19(24)13-11-17)28(21)25-15-18-8-6-9-20(29-3)22(18)30-14-5-2/h6,8-13,15H,4-5,7,14,16H2,1-3H3/b25-15+. The van der Waals surface area contributed by atoms with Crippen molar-refractivity contribution in [3.05, 3.63) is 64.4 Å². The number of aryl methyl sites for hydroxylation is 1. The van der Waals surface area contributed by atoms with Gasteiger partial charge in [-0.15, -0.1) is 10.2 Å². The van der Waals surface area contributed by atoms with Crippen molar-refractivity contribution in [3.8, 4) is 11.5 Å². The number of nitrogens with zero attached hydrogens (tertiary/aromatic N) is 4. The lowest BCUT2D eigenvalue weighted by atomic mass is 10.2. The van der Waals surface area contributed by atoms with Crippen LogP contribution in [0.3, 0.4) is 0 Å². The van der Waals surface area contributed by atoms with Crippen LogP contribution in [0.25, 0.3) is 0 Å². The topological polar surface area (TPSA) is 61.5 Å². The first-order valence-corrected chi connectivity index (χ1v) is 11.7. The van der Waals surface area contributed by atoms with Gasteiger partial charge in [-0.2, -0.15) is 9.78 Å². The zero-order valence-corrected chi connectivity index (χ0v) is 19.6. The van der Waals surface area contributed by atoms with Gasteiger partial charge >= 0.3 is 0 Å².